The lowest BCUT2D eigenvalue weighted by molar-refractivity contribution is 0.0706. The smallest absolute Gasteiger partial charge is 0.274 e. The Morgan fingerprint density at radius 1 is 1.10 bits per heavy atom. The Morgan fingerprint density at radius 3 is 2.58 bits per heavy atom. The Labute approximate surface area is 180 Å². The van der Waals surface area contributed by atoms with Gasteiger partial charge in [-0.05, 0) is 62.6 Å². The quantitative estimate of drug-likeness (QED) is 0.266. The molecule has 1 aromatic heterocycles. The van der Waals surface area contributed by atoms with Crippen molar-refractivity contribution in [3.63, 3.8) is 0 Å². The lowest BCUT2D eigenvalue weighted by Crippen LogP contribution is -2.23. The molecule has 0 saturated heterocycles. The van der Waals surface area contributed by atoms with Gasteiger partial charge in [0.1, 0.15) is 18.1 Å². The van der Waals surface area contributed by atoms with Crippen LogP contribution in [0.4, 0.5) is 0 Å². The molecule has 0 atom stereocenters. The second-order valence-corrected chi connectivity index (χ2v) is 7.09. The van der Waals surface area contributed by atoms with E-state index < -0.39 is 5.91 Å². The third kappa shape index (κ3) is 6.09. The Bertz CT molecular complexity index is 1120. The average molecular weight is 420 g/mol. The molecule has 0 radical (unpaired) electrons. The Hall–Kier alpha value is -3.80. The number of aromatic nitrogens is 1. The summed E-state index contributed by atoms with van der Waals surface area (Å²) in [6.07, 6.45) is 0. The summed E-state index contributed by atoms with van der Waals surface area (Å²) < 4.78 is 5.73. The van der Waals surface area contributed by atoms with Gasteiger partial charge in [0.2, 0.25) is 0 Å². The minimum Gasteiger partial charge on any atom is -0.492 e. The standard InChI is InChI=1S/C23H24N4O4/c1-27(2)12-13-31-19-9-10-20-18(14-19)15-21(25-20)23(29)24-11-3-4-16-5-7-17(8-6-16)22(28)26-30/h5-10,14-15,25,30H,11-13H2,1-2H3,(H,24,29)(H,26,28). The second kappa shape index (κ2) is 10.3. The second-order valence-electron chi connectivity index (χ2n) is 7.09. The van der Waals surface area contributed by atoms with Crippen LogP contribution in [0.3, 0.4) is 0 Å². The lowest BCUT2D eigenvalue weighted by Gasteiger charge is -2.10. The number of hydroxylamine groups is 1. The molecule has 0 saturated carbocycles. The van der Waals surface area contributed by atoms with Crippen LogP contribution in [0.1, 0.15) is 26.4 Å². The minimum absolute atomic E-state index is 0.173. The molecule has 0 spiro atoms. The molecule has 160 valence electrons. The van der Waals surface area contributed by atoms with E-state index in [1.54, 1.807) is 35.8 Å². The lowest BCUT2D eigenvalue weighted by atomic mass is 10.1. The number of aromatic amines is 1. The molecule has 8 heteroatoms. The van der Waals surface area contributed by atoms with Crippen molar-refractivity contribution in [2.45, 2.75) is 0 Å². The van der Waals surface area contributed by atoms with Crippen molar-refractivity contribution in [3.05, 3.63) is 65.4 Å². The van der Waals surface area contributed by atoms with E-state index in [0.29, 0.717) is 23.4 Å². The van der Waals surface area contributed by atoms with Crippen molar-refractivity contribution in [1.29, 1.82) is 0 Å². The average Bonchev–Trinajstić information content (AvgIpc) is 3.20. The summed E-state index contributed by atoms with van der Waals surface area (Å²) in [5, 5.41) is 12.3. The summed E-state index contributed by atoms with van der Waals surface area (Å²) in [7, 11) is 3.98. The van der Waals surface area contributed by atoms with Gasteiger partial charge in [-0.15, -0.1) is 0 Å². The van der Waals surface area contributed by atoms with Gasteiger partial charge in [0.05, 0.1) is 6.54 Å². The van der Waals surface area contributed by atoms with Crippen molar-refractivity contribution in [1.82, 2.24) is 20.7 Å². The number of carbonyl (C=O) groups excluding carboxylic acids is 2. The van der Waals surface area contributed by atoms with Crippen molar-refractivity contribution >= 4 is 22.7 Å². The maximum atomic E-state index is 12.4. The van der Waals surface area contributed by atoms with Gasteiger partial charge in [-0.1, -0.05) is 11.8 Å². The van der Waals surface area contributed by atoms with E-state index in [-0.39, 0.29) is 12.5 Å². The van der Waals surface area contributed by atoms with Gasteiger partial charge >= 0.3 is 0 Å². The first-order chi connectivity index (χ1) is 15.0. The van der Waals surface area contributed by atoms with E-state index in [1.807, 2.05) is 37.2 Å². The van der Waals surface area contributed by atoms with E-state index in [9.17, 15) is 9.59 Å². The summed E-state index contributed by atoms with van der Waals surface area (Å²) in [4.78, 5) is 28.8. The molecule has 3 aromatic rings. The van der Waals surface area contributed by atoms with Gasteiger partial charge in [-0.2, -0.15) is 0 Å². The van der Waals surface area contributed by atoms with Crippen LogP contribution in [0, 0.1) is 11.8 Å². The van der Waals surface area contributed by atoms with Gasteiger partial charge < -0.3 is 19.9 Å². The number of H-pyrrole nitrogens is 1. The number of fused-ring (bicyclic) bond motifs is 1. The molecule has 0 bridgehead atoms. The van der Waals surface area contributed by atoms with Crippen molar-refractivity contribution < 1.29 is 19.5 Å². The maximum Gasteiger partial charge on any atom is 0.274 e. The summed E-state index contributed by atoms with van der Waals surface area (Å²) >= 11 is 0. The number of likely N-dealkylation sites (N-methyl/N-ethyl adjacent to an activating group) is 1. The van der Waals surface area contributed by atoms with Crippen molar-refractivity contribution in [2.75, 3.05) is 33.8 Å². The van der Waals surface area contributed by atoms with Crippen LogP contribution in [-0.4, -0.2) is 60.7 Å². The number of nitrogens with zero attached hydrogens (tertiary/aromatic N) is 1. The Morgan fingerprint density at radius 2 is 1.87 bits per heavy atom. The number of hydrogen-bond acceptors (Lipinski definition) is 5. The highest BCUT2D eigenvalue weighted by Gasteiger charge is 2.09. The van der Waals surface area contributed by atoms with Crippen LogP contribution >= 0.6 is 0 Å². The summed E-state index contributed by atoms with van der Waals surface area (Å²) in [5.41, 5.74) is 3.88. The van der Waals surface area contributed by atoms with Gasteiger partial charge in [-0.25, -0.2) is 5.48 Å². The molecule has 31 heavy (non-hydrogen) atoms. The summed E-state index contributed by atoms with van der Waals surface area (Å²) in [6.45, 7) is 1.58. The molecule has 0 aliphatic rings. The molecule has 0 aliphatic heterocycles. The Balaban J connectivity index is 1.56. The molecule has 8 nitrogen and oxygen atoms in total. The molecule has 1 heterocycles. The highest BCUT2D eigenvalue weighted by molar-refractivity contribution is 5.98. The zero-order valence-corrected chi connectivity index (χ0v) is 17.4. The number of hydrogen-bond donors (Lipinski definition) is 4. The predicted octanol–water partition coefficient (Wildman–Crippen LogP) is 2.01. The zero-order valence-electron chi connectivity index (χ0n) is 17.4. The van der Waals surface area contributed by atoms with Crippen LogP contribution in [0.5, 0.6) is 5.75 Å². The molecule has 2 aromatic carbocycles. The van der Waals surface area contributed by atoms with Crippen LogP contribution in [-0.2, 0) is 0 Å². The molecule has 2 amide bonds. The van der Waals surface area contributed by atoms with E-state index >= 15 is 0 Å². The minimum atomic E-state index is -0.586. The van der Waals surface area contributed by atoms with Crippen molar-refractivity contribution in [2.24, 2.45) is 0 Å². The van der Waals surface area contributed by atoms with Gasteiger partial charge in [0, 0.05) is 28.6 Å². The van der Waals surface area contributed by atoms with Gasteiger partial charge in [-0.3, -0.25) is 14.8 Å². The first kappa shape index (κ1) is 21.9. The van der Waals surface area contributed by atoms with E-state index in [0.717, 1.165) is 23.2 Å². The molecule has 0 aliphatic carbocycles. The molecule has 4 N–H and O–H groups in total. The molecular formula is C23H24N4O4. The molecular weight excluding hydrogens is 396 g/mol. The summed E-state index contributed by atoms with van der Waals surface area (Å²) in [5.74, 6) is 5.70. The number of ether oxygens (including phenoxy) is 1. The number of benzene rings is 2. The van der Waals surface area contributed by atoms with Crippen molar-refractivity contribution in [3.8, 4) is 17.6 Å². The highest BCUT2D eigenvalue weighted by atomic mass is 16.5. The van der Waals surface area contributed by atoms with Gasteiger partial charge in [0.25, 0.3) is 11.8 Å². The fourth-order valence-corrected chi connectivity index (χ4v) is 2.80. The number of carbonyl (C=O) groups is 2. The normalized spacial score (nSPS) is 10.5. The molecule has 0 fully saturated rings. The predicted molar refractivity (Wildman–Crippen MR) is 117 cm³/mol. The fourth-order valence-electron chi connectivity index (χ4n) is 2.80. The first-order valence-corrected chi connectivity index (χ1v) is 9.68. The molecule has 3 rings (SSSR count). The number of nitrogens with one attached hydrogen (secondary N) is 3. The van der Waals surface area contributed by atoms with E-state index in [2.05, 4.69) is 22.1 Å². The van der Waals surface area contributed by atoms with Crippen LogP contribution < -0.4 is 15.5 Å². The van der Waals surface area contributed by atoms with Crippen LogP contribution in [0.2, 0.25) is 0 Å². The number of rotatable bonds is 7. The van der Waals surface area contributed by atoms with Crippen LogP contribution in [0.15, 0.2) is 48.5 Å². The first-order valence-electron chi connectivity index (χ1n) is 9.68. The SMILES string of the molecule is CN(C)CCOc1ccc2[nH]c(C(=O)NCC#Cc3ccc(C(=O)NO)cc3)cc2c1. The monoisotopic (exact) mass is 420 g/mol. The summed E-state index contributed by atoms with van der Waals surface area (Å²) in [6, 6.07) is 13.9. The third-order valence-electron chi connectivity index (χ3n) is 4.46. The fraction of sp³-hybridized carbons (Fsp3) is 0.217. The highest BCUT2D eigenvalue weighted by Crippen LogP contribution is 2.21. The van der Waals surface area contributed by atoms with Gasteiger partial charge in [0.15, 0.2) is 0 Å². The number of amides is 2. The Kier molecular flexibility index (Phi) is 7.27. The molecule has 0 unspecified atom stereocenters. The largest absolute Gasteiger partial charge is 0.492 e. The van der Waals surface area contributed by atoms with E-state index in [4.69, 9.17) is 9.94 Å². The van der Waals surface area contributed by atoms with Crippen LogP contribution in [0.25, 0.3) is 10.9 Å². The zero-order chi connectivity index (χ0) is 22.2. The van der Waals surface area contributed by atoms with E-state index in [1.165, 1.54) is 0 Å². The third-order valence-corrected chi connectivity index (χ3v) is 4.46. The maximum absolute atomic E-state index is 12.4. The topological polar surface area (TPSA) is 107 Å².